The van der Waals surface area contributed by atoms with Crippen LogP contribution in [0.25, 0.3) is 0 Å². The van der Waals surface area contributed by atoms with Gasteiger partial charge in [-0.15, -0.1) is 0 Å². The lowest BCUT2D eigenvalue weighted by Crippen LogP contribution is -2.54. The molecule has 4 fully saturated rings. The molecule has 0 aromatic carbocycles. The van der Waals surface area contributed by atoms with E-state index < -0.39 is 15.6 Å². The molecule has 4 rings (SSSR count). The SMILES string of the molecule is CN1CCN(S(=O)(=O)N2CC[C@@]3(CCCN(CC4CC4)C3=O)C2)CC1. The van der Waals surface area contributed by atoms with Gasteiger partial charge in [0.05, 0.1) is 5.41 Å². The highest BCUT2D eigenvalue weighted by Crippen LogP contribution is 2.42. The van der Waals surface area contributed by atoms with Crippen molar-refractivity contribution in [3.8, 4) is 0 Å². The predicted molar refractivity (Wildman–Crippen MR) is 95.2 cm³/mol. The number of hydrogen-bond acceptors (Lipinski definition) is 4. The molecule has 1 amide bonds. The van der Waals surface area contributed by atoms with E-state index in [9.17, 15) is 13.2 Å². The van der Waals surface area contributed by atoms with Gasteiger partial charge in [0.1, 0.15) is 0 Å². The van der Waals surface area contributed by atoms with E-state index in [-0.39, 0.29) is 5.91 Å². The average molecular weight is 371 g/mol. The predicted octanol–water partition coefficient (Wildman–Crippen LogP) is 0.203. The first kappa shape index (κ1) is 17.7. The van der Waals surface area contributed by atoms with Crippen LogP contribution in [0, 0.1) is 11.3 Å². The highest BCUT2D eigenvalue weighted by Gasteiger charge is 2.52. The summed E-state index contributed by atoms with van der Waals surface area (Å²) in [5.74, 6) is 0.896. The Balaban J connectivity index is 1.45. The van der Waals surface area contributed by atoms with Crippen molar-refractivity contribution < 1.29 is 13.2 Å². The Morgan fingerprint density at radius 2 is 1.72 bits per heavy atom. The molecule has 7 nitrogen and oxygen atoms in total. The van der Waals surface area contributed by atoms with Gasteiger partial charge in [0.25, 0.3) is 10.2 Å². The molecular formula is C17H30N4O3S. The number of piperidine rings is 1. The Labute approximate surface area is 151 Å². The van der Waals surface area contributed by atoms with Crippen molar-refractivity contribution in [1.29, 1.82) is 0 Å². The van der Waals surface area contributed by atoms with Crippen LogP contribution in [0.4, 0.5) is 0 Å². The lowest BCUT2D eigenvalue weighted by atomic mass is 9.78. The van der Waals surface area contributed by atoms with E-state index in [2.05, 4.69) is 4.90 Å². The van der Waals surface area contributed by atoms with Crippen LogP contribution in [0.2, 0.25) is 0 Å². The first-order valence-electron chi connectivity index (χ1n) is 9.64. The van der Waals surface area contributed by atoms with Crippen LogP contribution in [-0.4, -0.2) is 92.1 Å². The molecule has 1 saturated carbocycles. The first-order chi connectivity index (χ1) is 11.9. The fourth-order valence-electron chi connectivity index (χ4n) is 4.53. The second-order valence-electron chi connectivity index (χ2n) is 8.37. The molecule has 3 heterocycles. The van der Waals surface area contributed by atoms with Gasteiger partial charge in [0.15, 0.2) is 0 Å². The van der Waals surface area contributed by atoms with E-state index in [1.807, 2.05) is 11.9 Å². The zero-order valence-electron chi connectivity index (χ0n) is 15.2. The summed E-state index contributed by atoms with van der Waals surface area (Å²) in [6.45, 7) is 5.22. The second kappa shape index (κ2) is 6.48. The molecule has 3 saturated heterocycles. The molecule has 1 aliphatic carbocycles. The molecule has 3 aliphatic heterocycles. The zero-order valence-corrected chi connectivity index (χ0v) is 16.0. The van der Waals surface area contributed by atoms with Gasteiger partial charge in [0, 0.05) is 52.4 Å². The molecular weight excluding hydrogens is 340 g/mol. The number of rotatable bonds is 4. The lowest BCUT2D eigenvalue weighted by molar-refractivity contribution is -0.145. The van der Waals surface area contributed by atoms with E-state index in [1.54, 1.807) is 8.61 Å². The summed E-state index contributed by atoms with van der Waals surface area (Å²) < 4.78 is 29.2. The zero-order chi connectivity index (χ0) is 17.7. The van der Waals surface area contributed by atoms with Crippen LogP contribution in [0.15, 0.2) is 0 Å². The first-order valence-corrected chi connectivity index (χ1v) is 11.0. The third-order valence-corrected chi connectivity index (χ3v) is 8.42. The monoisotopic (exact) mass is 370 g/mol. The minimum absolute atomic E-state index is 0.210. The van der Waals surface area contributed by atoms with Crippen molar-refractivity contribution in [2.24, 2.45) is 11.3 Å². The number of carbonyl (C=O) groups excluding carboxylic acids is 1. The summed E-state index contributed by atoms with van der Waals surface area (Å²) in [7, 11) is -1.43. The van der Waals surface area contributed by atoms with Crippen LogP contribution in [0.5, 0.6) is 0 Å². The molecule has 0 aromatic rings. The minimum atomic E-state index is -3.44. The Morgan fingerprint density at radius 3 is 2.40 bits per heavy atom. The van der Waals surface area contributed by atoms with Crippen molar-refractivity contribution in [3.05, 3.63) is 0 Å². The van der Waals surface area contributed by atoms with Gasteiger partial charge in [-0.05, 0) is 45.1 Å². The normalized spacial score (nSPS) is 33.5. The van der Waals surface area contributed by atoms with Gasteiger partial charge in [0.2, 0.25) is 5.91 Å². The fourth-order valence-corrected chi connectivity index (χ4v) is 6.21. The molecule has 0 unspecified atom stereocenters. The fraction of sp³-hybridized carbons (Fsp3) is 0.941. The molecule has 0 N–H and O–H groups in total. The van der Waals surface area contributed by atoms with Gasteiger partial charge < -0.3 is 9.80 Å². The standard InChI is InChI=1S/C17H30N4O3S/c1-18-9-11-20(12-10-18)25(23,24)21-8-6-17(14-21)5-2-7-19(16(17)22)13-15-3-4-15/h15H,2-14H2,1H3/t17-/m0/s1. The summed E-state index contributed by atoms with van der Waals surface area (Å²) in [5, 5.41) is 0. The van der Waals surface area contributed by atoms with Crippen molar-refractivity contribution in [3.63, 3.8) is 0 Å². The van der Waals surface area contributed by atoms with Crippen LogP contribution in [0.3, 0.4) is 0 Å². The number of piperazine rings is 1. The maximum absolute atomic E-state index is 13.1. The molecule has 0 bridgehead atoms. The Kier molecular flexibility index (Phi) is 4.58. The van der Waals surface area contributed by atoms with Crippen LogP contribution in [0.1, 0.15) is 32.1 Å². The minimum Gasteiger partial charge on any atom is -0.342 e. The Bertz CT molecular complexity index is 628. The molecule has 1 atom stereocenters. The molecule has 4 aliphatic rings. The van der Waals surface area contributed by atoms with E-state index in [0.29, 0.717) is 38.5 Å². The second-order valence-corrected chi connectivity index (χ2v) is 10.3. The van der Waals surface area contributed by atoms with Crippen molar-refractivity contribution in [2.45, 2.75) is 32.1 Å². The Hall–Kier alpha value is -0.700. The third-order valence-electron chi connectivity index (χ3n) is 6.43. The van der Waals surface area contributed by atoms with Gasteiger partial charge in [-0.1, -0.05) is 0 Å². The third kappa shape index (κ3) is 3.34. The van der Waals surface area contributed by atoms with Gasteiger partial charge in [-0.3, -0.25) is 4.79 Å². The van der Waals surface area contributed by atoms with Gasteiger partial charge in [-0.25, -0.2) is 0 Å². The highest BCUT2D eigenvalue weighted by atomic mass is 32.2. The molecule has 142 valence electrons. The lowest BCUT2D eigenvalue weighted by Gasteiger charge is -2.40. The molecule has 0 radical (unpaired) electrons. The summed E-state index contributed by atoms with van der Waals surface area (Å²) in [6.07, 6.45) is 4.99. The largest absolute Gasteiger partial charge is 0.342 e. The maximum atomic E-state index is 13.1. The van der Waals surface area contributed by atoms with E-state index >= 15 is 0 Å². The Morgan fingerprint density at radius 1 is 1.00 bits per heavy atom. The molecule has 1 spiro atoms. The smallest absolute Gasteiger partial charge is 0.282 e. The summed E-state index contributed by atoms with van der Waals surface area (Å²) in [5.41, 5.74) is -0.465. The molecule has 8 heteroatoms. The summed E-state index contributed by atoms with van der Waals surface area (Å²) >= 11 is 0. The highest BCUT2D eigenvalue weighted by molar-refractivity contribution is 7.86. The number of carbonyl (C=O) groups is 1. The topological polar surface area (TPSA) is 64.2 Å². The number of nitrogens with zero attached hydrogens (tertiary/aromatic N) is 4. The van der Waals surface area contributed by atoms with Crippen LogP contribution in [-0.2, 0) is 15.0 Å². The van der Waals surface area contributed by atoms with Gasteiger partial charge >= 0.3 is 0 Å². The van der Waals surface area contributed by atoms with E-state index in [4.69, 9.17) is 0 Å². The van der Waals surface area contributed by atoms with Crippen molar-refractivity contribution >= 4 is 16.1 Å². The van der Waals surface area contributed by atoms with Crippen molar-refractivity contribution in [2.75, 3.05) is 59.4 Å². The molecule has 0 aromatic heterocycles. The number of hydrogen-bond donors (Lipinski definition) is 0. The average Bonchev–Trinajstić information content (AvgIpc) is 3.30. The summed E-state index contributed by atoms with van der Waals surface area (Å²) in [6, 6.07) is 0. The maximum Gasteiger partial charge on any atom is 0.282 e. The van der Waals surface area contributed by atoms with E-state index in [0.717, 1.165) is 39.0 Å². The quantitative estimate of drug-likeness (QED) is 0.709. The van der Waals surface area contributed by atoms with Crippen LogP contribution < -0.4 is 0 Å². The van der Waals surface area contributed by atoms with Gasteiger partial charge in [-0.2, -0.15) is 17.0 Å². The van der Waals surface area contributed by atoms with Crippen LogP contribution >= 0.6 is 0 Å². The number of likely N-dealkylation sites (tertiary alicyclic amines) is 1. The number of amides is 1. The van der Waals surface area contributed by atoms with E-state index in [1.165, 1.54) is 12.8 Å². The summed E-state index contributed by atoms with van der Waals surface area (Å²) in [4.78, 5) is 17.3. The number of likely N-dealkylation sites (N-methyl/N-ethyl adjacent to an activating group) is 1. The molecule has 25 heavy (non-hydrogen) atoms. The van der Waals surface area contributed by atoms with Crippen molar-refractivity contribution in [1.82, 2.24) is 18.4 Å².